The maximum absolute atomic E-state index is 13.5. The van der Waals surface area contributed by atoms with Gasteiger partial charge in [0.25, 0.3) is 0 Å². The van der Waals surface area contributed by atoms with E-state index in [0.29, 0.717) is 22.9 Å². The van der Waals surface area contributed by atoms with Gasteiger partial charge >= 0.3 is 0 Å². The molecule has 0 fully saturated rings. The Morgan fingerprint density at radius 1 is 1.14 bits per heavy atom. The molecule has 1 unspecified atom stereocenters. The number of hydrogen-bond acceptors (Lipinski definition) is 1. The van der Waals surface area contributed by atoms with Crippen LogP contribution in [0.25, 0.3) is 0 Å². The number of fused-ring (bicyclic) bond motifs is 1. The number of benzene rings is 2. The SMILES string of the molecule is O=C1CCc2cc(C(Cl)c3cc(F)cc(Br)c3)ccc2N1. The molecule has 0 bridgehead atoms. The van der Waals surface area contributed by atoms with E-state index in [1.165, 1.54) is 12.1 Å². The minimum absolute atomic E-state index is 0.0340. The number of aryl methyl sites for hydroxylation is 1. The fourth-order valence-corrected chi connectivity index (χ4v) is 3.22. The molecule has 1 aliphatic heterocycles. The van der Waals surface area contributed by atoms with Crippen molar-refractivity contribution in [2.24, 2.45) is 0 Å². The highest BCUT2D eigenvalue weighted by Crippen LogP contribution is 2.34. The monoisotopic (exact) mass is 367 g/mol. The summed E-state index contributed by atoms with van der Waals surface area (Å²) in [6.07, 6.45) is 1.18. The molecule has 2 nitrogen and oxygen atoms in total. The molecule has 1 atom stereocenters. The van der Waals surface area contributed by atoms with E-state index in [9.17, 15) is 9.18 Å². The summed E-state index contributed by atoms with van der Waals surface area (Å²) in [6.45, 7) is 0. The minimum atomic E-state index is -0.431. The molecular weight excluding hydrogens is 357 g/mol. The lowest BCUT2D eigenvalue weighted by Gasteiger charge is -2.19. The Balaban J connectivity index is 1.94. The Hall–Kier alpha value is -1.39. The van der Waals surface area contributed by atoms with Crippen molar-refractivity contribution in [3.63, 3.8) is 0 Å². The van der Waals surface area contributed by atoms with E-state index >= 15 is 0 Å². The van der Waals surface area contributed by atoms with E-state index in [2.05, 4.69) is 21.2 Å². The summed E-state index contributed by atoms with van der Waals surface area (Å²) in [5, 5.41) is 2.40. The zero-order valence-corrected chi connectivity index (χ0v) is 13.3. The second kappa shape index (κ2) is 5.78. The molecule has 3 rings (SSSR count). The van der Waals surface area contributed by atoms with Gasteiger partial charge in [0.2, 0.25) is 5.91 Å². The molecule has 108 valence electrons. The van der Waals surface area contributed by atoms with Gasteiger partial charge in [-0.05, 0) is 47.4 Å². The summed E-state index contributed by atoms with van der Waals surface area (Å²) in [5.74, 6) is -0.290. The molecular formula is C16H12BrClFNO. The number of rotatable bonds is 2. The Bertz CT molecular complexity index is 699. The lowest BCUT2D eigenvalue weighted by molar-refractivity contribution is -0.116. The van der Waals surface area contributed by atoms with Crippen LogP contribution >= 0.6 is 27.5 Å². The van der Waals surface area contributed by atoms with Gasteiger partial charge in [-0.3, -0.25) is 4.79 Å². The van der Waals surface area contributed by atoms with Crippen LogP contribution < -0.4 is 5.32 Å². The Morgan fingerprint density at radius 3 is 2.71 bits per heavy atom. The Labute approximate surface area is 135 Å². The zero-order chi connectivity index (χ0) is 15.0. The van der Waals surface area contributed by atoms with Gasteiger partial charge in [0.1, 0.15) is 5.82 Å². The molecule has 0 radical (unpaired) electrons. The van der Waals surface area contributed by atoms with Crippen molar-refractivity contribution in [3.05, 3.63) is 63.4 Å². The first-order valence-electron chi connectivity index (χ1n) is 6.55. The van der Waals surface area contributed by atoms with Gasteiger partial charge in [-0.2, -0.15) is 0 Å². The van der Waals surface area contributed by atoms with Gasteiger partial charge in [0.15, 0.2) is 0 Å². The summed E-state index contributed by atoms with van der Waals surface area (Å²) >= 11 is 9.75. The van der Waals surface area contributed by atoms with E-state index in [4.69, 9.17) is 11.6 Å². The predicted molar refractivity (Wildman–Crippen MR) is 85.2 cm³/mol. The molecule has 0 saturated heterocycles. The summed E-state index contributed by atoms with van der Waals surface area (Å²) in [4.78, 5) is 11.4. The van der Waals surface area contributed by atoms with Crippen LogP contribution in [0.2, 0.25) is 0 Å². The maximum Gasteiger partial charge on any atom is 0.224 e. The number of nitrogens with one attached hydrogen (secondary N) is 1. The quantitative estimate of drug-likeness (QED) is 0.758. The molecule has 21 heavy (non-hydrogen) atoms. The molecule has 0 saturated carbocycles. The largest absolute Gasteiger partial charge is 0.326 e. The first-order chi connectivity index (χ1) is 10.0. The van der Waals surface area contributed by atoms with E-state index in [-0.39, 0.29) is 11.7 Å². The van der Waals surface area contributed by atoms with Crippen LogP contribution in [0.15, 0.2) is 40.9 Å². The highest BCUT2D eigenvalue weighted by Gasteiger charge is 2.18. The lowest BCUT2D eigenvalue weighted by atomic mass is 9.97. The zero-order valence-electron chi connectivity index (χ0n) is 11.0. The third-order valence-electron chi connectivity index (χ3n) is 3.49. The average molecular weight is 369 g/mol. The van der Waals surface area contributed by atoms with Crippen molar-refractivity contribution in [1.82, 2.24) is 0 Å². The molecule has 2 aromatic rings. The summed E-state index contributed by atoms with van der Waals surface area (Å²) in [6, 6.07) is 10.3. The molecule has 1 heterocycles. The fourth-order valence-electron chi connectivity index (χ4n) is 2.47. The van der Waals surface area contributed by atoms with Gasteiger partial charge in [0.05, 0.1) is 5.38 Å². The molecule has 0 aromatic heterocycles. The molecule has 1 N–H and O–H groups in total. The topological polar surface area (TPSA) is 29.1 Å². The smallest absolute Gasteiger partial charge is 0.224 e. The van der Waals surface area contributed by atoms with Gasteiger partial charge in [0, 0.05) is 16.6 Å². The van der Waals surface area contributed by atoms with Gasteiger partial charge < -0.3 is 5.32 Å². The maximum atomic E-state index is 13.5. The van der Waals surface area contributed by atoms with Crippen molar-refractivity contribution in [2.75, 3.05) is 5.32 Å². The number of carbonyl (C=O) groups excluding carboxylic acids is 1. The minimum Gasteiger partial charge on any atom is -0.326 e. The highest BCUT2D eigenvalue weighted by atomic mass is 79.9. The van der Waals surface area contributed by atoms with Crippen molar-refractivity contribution >= 4 is 39.1 Å². The average Bonchev–Trinajstić information content (AvgIpc) is 2.45. The van der Waals surface area contributed by atoms with Crippen LogP contribution in [-0.4, -0.2) is 5.91 Å². The van der Waals surface area contributed by atoms with Gasteiger partial charge in [-0.25, -0.2) is 4.39 Å². The Morgan fingerprint density at radius 2 is 1.95 bits per heavy atom. The van der Waals surface area contributed by atoms with Crippen LogP contribution in [-0.2, 0) is 11.2 Å². The lowest BCUT2D eigenvalue weighted by Crippen LogP contribution is -2.19. The first-order valence-corrected chi connectivity index (χ1v) is 7.78. The third kappa shape index (κ3) is 3.11. The molecule has 1 amide bonds. The molecule has 2 aromatic carbocycles. The second-order valence-electron chi connectivity index (χ2n) is 5.03. The molecule has 1 aliphatic rings. The highest BCUT2D eigenvalue weighted by molar-refractivity contribution is 9.10. The molecule has 0 spiro atoms. The second-order valence-corrected chi connectivity index (χ2v) is 6.38. The van der Waals surface area contributed by atoms with Crippen LogP contribution in [0.3, 0.4) is 0 Å². The summed E-state index contributed by atoms with van der Waals surface area (Å²) in [5.41, 5.74) is 3.49. The van der Waals surface area contributed by atoms with Gasteiger partial charge in [-0.15, -0.1) is 11.6 Å². The molecule has 5 heteroatoms. The number of halogens is 3. The number of carbonyl (C=O) groups is 1. The van der Waals surface area contributed by atoms with Crippen molar-refractivity contribution in [1.29, 1.82) is 0 Å². The number of amides is 1. The van der Waals surface area contributed by atoms with E-state index in [1.54, 1.807) is 0 Å². The van der Waals surface area contributed by atoms with Crippen LogP contribution in [0.5, 0.6) is 0 Å². The summed E-state index contributed by atoms with van der Waals surface area (Å²) in [7, 11) is 0. The van der Waals surface area contributed by atoms with Crippen LogP contribution in [0.1, 0.15) is 28.5 Å². The predicted octanol–water partition coefficient (Wildman–Crippen LogP) is 4.80. The normalized spacial score (nSPS) is 15.3. The van der Waals surface area contributed by atoms with E-state index in [0.717, 1.165) is 16.8 Å². The van der Waals surface area contributed by atoms with Gasteiger partial charge in [-0.1, -0.05) is 28.1 Å². The first kappa shape index (κ1) is 14.5. The standard InChI is InChI=1S/C16H12BrClFNO/c17-12-6-11(7-13(19)8-12)16(18)10-1-3-14-9(5-10)2-4-15(21)20-14/h1,3,5-8,16H,2,4H2,(H,20,21). The number of alkyl halides is 1. The number of hydrogen-bond donors (Lipinski definition) is 1. The fraction of sp³-hybridized carbons (Fsp3) is 0.188. The summed E-state index contributed by atoms with van der Waals surface area (Å²) < 4.78 is 14.1. The van der Waals surface area contributed by atoms with Crippen LogP contribution in [0.4, 0.5) is 10.1 Å². The Kier molecular flexibility index (Phi) is 4.00. The molecule has 0 aliphatic carbocycles. The van der Waals surface area contributed by atoms with Crippen molar-refractivity contribution in [3.8, 4) is 0 Å². The van der Waals surface area contributed by atoms with E-state index in [1.807, 2.05) is 24.3 Å². The van der Waals surface area contributed by atoms with Crippen molar-refractivity contribution < 1.29 is 9.18 Å². The number of anilines is 1. The van der Waals surface area contributed by atoms with Crippen molar-refractivity contribution in [2.45, 2.75) is 18.2 Å². The third-order valence-corrected chi connectivity index (χ3v) is 4.46. The van der Waals surface area contributed by atoms with E-state index < -0.39 is 5.38 Å². The van der Waals surface area contributed by atoms with Crippen LogP contribution in [0, 0.1) is 5.82 Å².